The van der Waals surface area contributed by atoms with Crippen LogP contribution < -0.4 is 10.2 Å². The third kappa shape index (κ3) is 3.61. The minimum Gasteiger partial charge on any atom is -0.353 e. The van der Waals surface area contributed by atoms with Gasteiger partial charge in [0.15, 0.2) is 0 Å². The van der Waals surface area contributed by atoms with Gasteiger partial charge in [0.25, 0.3) is 0 Å². The average Bonchev–Trinajstić information content (AvgIpc) is 2.89. The number of hydrogen-bond acceptors (Lipinski definition) is 2. The van der Waals surface area contributed by atoms with Gasteiger partial charge in [-0.15, -0.1) is 0 Å². The van der Waals surface area contributed by atoms with Crippen molar-refractivity contribution in [1.82, 2.24) is 5.32 Å². The van der Waals surface area contributed by atoms with E-state index in [2.05, 4.69) is 19.2 Å². The normalized spacial score (nSPS) is 18.7. The predicted molar refractivity (Wildman–Crippen MR) is 109 cm³/mol. The third-order valence-corrected chi connectivity index (χ3v) is 5.66. The highest BCUT2D eigenvalue weighted by molar-refractivity contribution is 6.09. The Hall–Kier alpha value is -2.62. The Morgan fingerprint density at radius 1 is 1.04 bits per heavy atom. The van der Waals surface area contributed by atoms with Gasteiger partial charge in [-0.1, -0.05) is 62.4 Å². The minimum absolute atomic E-state index is 0.00718. The SMILES string of the molecule is CCC(CC)NC(=O)C[C@@]1(Cc2ccccc2)C(=O)N(C)c2ccccc21. The lowest BCUT2D eigenvalue weighted by atomic mass is 9.73. The Balaban J connectivity index is 2.00. The second-order valence-corrected chi connectivity index (χ2v) is 7.38. The van der Waals surface area contributed by atoms with E-state index in [1.165, 1.54) is 0 Å². The molecule has 2 aromatic rings. The summed E-state index contributed by atoms with van der Waals surface area (Å²) in [5, 5.41) is 3.11. The van der Waals surface area contributed by atoms with Gasteiger partial charge in [0, 0.05) is 25.2 Å². The summed E-state index contributed by atoms with van der Waals surface area (Å²) in [6.45, 7) is 4.13. The fourth-order valence-corrected chi connectivity index (χ4v) is 4.11. The summed E-state index contributed by atoms with van der Waals surface area (Å²) in [4.78, 5) is 28.0. The highest BCUT2D eigenvalue weighted by Gasteiger charge is 2.50. The largest absolute Gasteiger partial charge is 0.353 e. The van der Waals surface area contributed by atoms with Crippen LogP contribution in [-0.4, -0.2) is 24.9 Å². The first-order valence-corrected chi connectivity index (χ1v) is 9.72. The molecule has 1 aliphatic heterocycles. The lowest BCUT2D eigenvalue weighted by molar-refractivity contribution is -0.130. The van der Waals surface area contributed by atoms with Gasteiger partial charge in [-0.25, -0.2) is 0 Å². The van der Waals surface area contributed by atoms with Crippen LogP contribution in [0.1, 0.15) is 44.2 Å². The van der Waals surface area contributed by atoms with Gasteiger partial charge in [0.05, 0.1) is 5.41 Å². The van der Waals surface area contributed by atoms with Gasteiger partial charge in [-0.2, -0.15) is 0 Å². The molecule has 4 heteroatoms. The van der Waals surface area contributed by atoms with Crippen LogP contribution in [0.15, 0.2) is 54.6 Å². The molecule has 0 saturated carbocycles. The summed E-state index contributed by atoms with van der Waals surface area (Å²) in [6.07, 6.45) is 2.46. The van der Waals surface area contributed by atoms with Crippen molar-refractivity contribution >= 4 is 17.5 Å². The summed E-state index contributed by atoms with van der Waals surface area (Å²) < 4.78 is 0. The molecule has 0 aliphatic carbocycles. The molecular formula is C23H28N2O2. The van der Waals surface area contributed by atoms with E-state index >= 15 is 0 Å². The molecule has 0 bridgehead atoms. The van der Waals surface area contributed by atoms with E-state index in [9.17, 15) is 9.59 Å². The third-order valence-electron chi connectivity index (χ3n) is 5.66. The van der Waals surface area contributed by atoms with Crippen LogP contribution in [0, 0.1) is 0 Å². The highest BCUT2D eigenvalue weighted by atomic mass is 16.2. The molecule has 0 spiro atoms. The van der Waals surface area contributed by atoms with Crippen LogP contribution >= 0.6 is 0 Å². The van der Waals surface area contributed by atoms with Gasteiger partial charge in [-0.3, -0.25) is 9.59 Å². The lowest BCUT2D eigenvalue weighted by Gasteiger charge is -2.29. The Kier molecular flexibility index (Phi) is 5.64. The summed E-state index contributed by atoms with van der Waals surface area (Å²) in [7, 11) is 1.80. The van der Waals surface area contributed by atoms with E-state index in [-0.39, 0.29) is 24.3 Å². The molecule has 4 nitrogen and oxygen atoms in total. The number of hydrogen-bond donors (Lipinski definition) is 1. The van der Waals surface area contributed by atoms with Crippen molar-refractivity contribution in [2.45, 2.75) is 51.0 Å². The first kappa shape index (κ1) is 19.2. The van der Waals surface area contributed by atoms with Crippen molar-refractivity contribution in [3.8, 4) is 0 Å². The number of fused-ring (bicyclic) bond motifs is 1. The number of carbonyl (C=O) groups is 2. The highest BCUT2D eigenvalue weighted by Crippen LogP contribution is 2.45. The Bertz CT molecular complexity index is 814. The maximum absolute atomic E-state index is 13.4. The van der Waals surface area contributed by atoms with Crippen molar-refractivity contribution in [3.63, 3.8) is 0 Å². The molecule has 2 aromatic carbocycles. The fourth-order valence-electron chi connectivity index (χ4n) is 4.11. The van der Waals surface area contributed by atoms with Crippen LogP contribution in [0.2, 0.25) is 0 Å². The molecule has 2 amide bonds. The summed E-state index contributed by atoms with van der Waals surface area (Å²) >= 11 is 0. The first-order valence-electron chi connectivity index (χ1n) is 9.72. The number of benzene rings is 2. The molecule has 0 radical (unpaired) electrons. The quantitative estimate of drug-likeness (QED) is 0.811. The number of amides is 2. The molecule has 1 atom stereocenters. The molecule has 3 rings (SSSR count). The number of likely N-dealkylation sites (N-methyl/N-ethyl adjacent to an activating group) is 1. The van der Waals surface area contributed by atoms with Crippen LogP contribution in [0.5, 0.6) is 0 Å². The second kappa shape index (κ2) is 7.95. The van der Waals surface area contributed by atoms with Gasteiger partial charge in [-0.05, 0) is 36.5 Å². The molecule has 1 heterocycles. The Morgan fingerprint density at radius 3 is 2.33 bits per heavy atom. The van der Waals surface area contributed by atoms with Crippen LogP contribution in [-0.2, 0) is 21.4 Å². The summed E-state index contributed by atoms with van der Waals surface area (Å²) in [5.41, 5.74) is 2.05. The molecule has 142 valence electrons. The fraction of sp³-hybridized carbons (Fsp3) is 0.391. The predicted octanol–water partition coefficient (Wildman–Crippen LogP) is 3.84. The minimum atomic E-state index is -0.858. The zero-order chi connectivity index (χ0) is 19.4. The van der Waals surface area contributed by atoms with Gasteiger partial charge in [0.1, 0.15) is 0 Å². The number of carbonyl (C=O) groups excluding carboxylic acids is 2. The topological polar surface area (TPSA) is 49.4 Å². The zero-order valence-corrected chi connectivity index (χ0v) is 16.4. The van der Waals surface area contributed by atoms with E-state index in [4.69, 9.17) is 0 Å². The molecular weight excluding hydrogens is 336 g/mol. The molecule has 1 N–H and O–H groups in total. The molecule has 0 fully saturated rings. The molecule has 27 heavy (non-hydrogen) atoms. The van der Waals surface area contributed by atoms with E-state index in [1.54, 1.807) is 11.9 Å². The van der Waals surface area contributed by atoms with Gasteiger partial charge >= 0.3 is 0 Å². The van der Waals surface area contributed by atoms with E-state index in [0.29, 0.717) is 6.42 Å². The standard InChI is InChI=1S/C23H28N2O2/c1-4-18(5-2)24-21(26)16-23(15-17-11-7-6-8-12-17)19-13-9-10-14-20(19)25(3)22(23)27/h6-14,18H,4-5,15-16H2,1-3H3,(H,24,26)/t23-/m1/s1. The van der Waals surface area contributed by atoms with Crippen LogP contribution in [0.4, 0.5) is 5.69 Å². The van der Waals surface area contributed by atoms with Crippen molar-refractivity contribution < 1.29 is 9.59 Å². The van der Waals surface area contributed by atoms with Crippen molar-refractivity contribution in [3.05, 3.63) is 65.7 Å². The van der Waals surface area contributed by atoms with Gasteiger partial charge in [0.2, 0.25) is 11.8 Å². The molecule has 0 aromatic heterocycles. The first-order chi connectivity index (χ1) is 13.0. The van der Waals surface area contributed by atoms with Crippen LogP contribution in [0.25, 0.3) is 0 Å². The lowest BCUT2D eigenvalue weighted by Crippen LogP contribution is -2.46. The smallest absolute Gasteiger partial charge is 0.238 e. The van der Waals surface area contributed by atoms with Gasteiger partial charge < -0.3 is 10.2 Å². The van der Waals surface area contributed by atoms with Crippen molar-refractivity contribution in [1.29, 1.82) is 0 Å². The zero-order valence-electron chi connectivity index (χ0n) is 16.4. The van der Waals surface area contributed by atoms with Crippen molar-refractivity contribution in [2.75, 3.05) is 11.9 Å². The molecule has 0 unspecified atom stereocenters. The average molecular weight is 364 g/mol. The summed E-state index contributed by atoms with van der Waals surface area (Å²) in [5.74, 6) is -0.0645. The molecule has 0 saturated heterocycles. The van der Waals surface area contributed by atoms with E-state index in [1.807, 2.05) is 54.6 Å². The second-order valence-electron chi connectivity index (χ2n) is 7.38. The maximum Gasteiger partial charge on any atom is 0.238 e. The van der Waals surface area contributed by atoms with Crippen LogP contribution in [0.3, 0.4) is 0 Å². The number of para-hydroxylation sites is 1. The Labute approximate surface area is 161 Å². The van der Waals surface area contributed by atoms with E-state index < -0.39 is 5.41 Å². The number of nitrogens with one attached hydrogen (secondary N) is 1. The van der Waals surface area contributed by atoms with Crippen molar-refractivity contribution in [2.24, 2.45) is 0 Å². The Morgan fingerprint density at radius 2 is 1.67 bits per heavy atom. The molecule has 1 aliphatic rings. The number of anilines is 1. The number of nitrogens with zero attached hydrogens (tertiary/aromatic N) is 1. The monoisotopic (exact) mass is 364 g/mol. The van der Waals surface area contributed by atoms with E-state index in [0.717, 1.165) is 29.7 Å². The summed E-state index contributed by atoms with van der Waals surface area (Å²) in [6, 6.07) is 17.9. The number of rotatable bonds is 7. The maximum atomic E-state index is 13.4.